The minimum absolute atomic E-state index is 0.0104. The van der Waals surface area contributed by atoms with Gasteiger partial charge in [0.05, 0.1) is 10.4 Å². The van der Waals surface area contributed by atoms with Gasteiger partial charge in [0.15, 0.2) is 6.61 Å². The van der Waals surface area contributed by atoms with Crippen molar-refractivity contribution in [1.82, 2.24) is 16.0 Å². The van der Waals surface area contributed by atoms with Crippen molar-refractivity contribution >= 4 is 35.2 Å². The highest BCUT2D eigenvalue weighted by atomic mass is 35.5. The minimum atomic E-state index is -0.585. The fourth-order valence-corrected chi connectivity index (χ4v) is 6.42. The zero-order valence-corrected chi connectivity index (χ0v) is 19.8. The van der Waals surface area contributed by atoms with Gasteiger partial charge < -0.3 is 20.7 Å². The van der Waals surface area contributed by atoms with Gasteiger partial charge in [-0.15, -0.1) is 11.8 Å². The lowest BCUT2D eigenvalue weighted by Gasteiger charge is -2.50. The average molecular weight is 484 g/mol. The molecule has 5 rings (SSSR count). The van der Waals surface area contributed by atoms with Crippen LogP contribution in [0.1, 0.15) is 39.0 Å². The molecular weight excluding hydrogens is 453 g/mol. The van der Waals surface area contributed by atoms with Crippen molar-refractivity contribution in [2.24, 2.45) is 17.8 Å². The molecule has 6 nitrogen and oxygen atoms in total. The van der Waals surface area contributed by atoms with Crippen LogP contribution in [-0.4, -0.2) is 48.2 Å². The molecule has 1 heterocycles. The summed E-state index contributed by atoms with van der Waals surface area (Å²) in [5.41, 5.74) is 0. The minimum Gasteiger partial charge on any atom is -0.484 e. The van der Waals surface area contributed by atoms with Crippen LogP contribution in [0.25, 0.3) is 0 Å². The highest BCUT2D eigenvalue weighted by Gasteiger charge is 2.48. The Morgan fingerprint density at radius 3 is 2.81 bits per heavy atom. The Kier molecular flexibility index (Phi) is 7.84. The number of rotatable bonds is 9. The second-order valence-corrected chi connectivity index (χ2v) is 10.7. The van der Waals surface area contributed by atoms with Gasteiger partial charge in [-0.25, -0.2) is 4.39 Å². The number of carbonyl (C=O) groups excluding carboxylic acids is 2. The number of hydrogen-bond acceptors (Lipinski definition) is 5. The largest absolute Gasteiger partial charge is 0.484 e. The van der Waals surface area contributed by atoms with E-state index in [0.717, 1.165) is 37.5 Å². The standard InChI is InChI=1S/C23H31ClFN3O3S/c1-2-15-12-32-22(27-15)5-6-26-23(30)17-10-20(14-7-13(17)8-14)28-21(29)11-31-16-3-4-18(24)19(25)9-16/h3-4,9,13-15,17,20,22,27H,2,5-8,10-12H2,1H3,(H,26,30)(H,28,29)/t13?,14?,15?,17-,20+,22?/m1/s1. The molecule has 2 amide bonds. The van der Waals surface area contributed by atoms with E-state index in [0.29, 0.717) is 36.2 Å². The summed E-state index contributed by atoms with van der Waals surface area (Å²) >= 11 is 7.59. The van der Waals surface area contributed by atoms with E-state index in [4.69, 9.17) is 16.3 Å². The molecule has 4 fully saturated rings. The average Bonchev–Trinajstić information content (AvgIpc) is 3.21. The van der Waals surface area contributed by atoms with Gasteiger partial charge in [0.2, 0.25) is 5.91 Å². The summed E-state index contributed by atoms with van der Waals surface area (Å²) in [5.74, 6) is 1.45. The molecule has 4 aliphatic rings. The maximum absolute atomic E-state index is 13.5. The third-order valence-electron chi connectivity index (χ3n) is 6.92. The first-order chi connectivity index (χ1) is 15.4. The number of thioether (sulfide) groups is 1. The van der Waals surface area contributed by atoms with Crippen molar-refractivity contribution in [3.63, 3.8) is 0 Å². The predicted octanol–water partition coefficient (Wildman–Crippen LogP) is 3.34. The molecule has 0 spiro atoms. The van der Waals surface area contributed by atoms with Crippen LogP contribution in [0, 0.1) is 23.6 Å². The maximum atomic E-state index is 13.5. The van der Waals surface area contributed by atoms with E-state index < -0.39 is 5.82 Å². The SMILES string of the molecule is CCC1CSC(CCNC(=O)[C@@H]2C[C@H](NC(=O)COc3ccc(Cl)c(F)c3)C3CC2C3)N1. The molecule has 1 aromatic carbocycles. The highest BCUT2D eigenvalue weighted by molar-refractivity contribution is 8.00. The molecule has 2 unspecified atom stereocenters. The first kappa shape index (κ1) is 23.6. The maximum Gasteiger partial charge on any atom is 0.258 e. The Balaban J connectivity index is 1.20. The van der Waals surface area contributed by atoms with Crippen LogP contribution in [0.3, 0.4) is 0 Å². The van der Waals surface area contributed by atoms with Crippen LogP contribution < -0.4 is 20.7 Å². The molecule has 2 bridgehead atoms. The molecule has 0 radical (unpaired) electrons. The molecule has 3 saturated carbocycles. The van der Waals surface area contributed by atoms with Crippen LogP contribution in [0.15, 0.2) is 18.2 Å². The topological polar surface area (TPSA) is 79.5 Å². The second-order valence-electron chi connectivity index (χ2n) is 9.05. The van der Waals surface area contributed by atoms with Gasteiger partial charge in [-0.1, -0.05) is 18.5 Å². The summed E-state index contributed by atoms with van der Waals surface area (Å²) in [6, 6.07) is 4.64. The van der Waals surface area contributed by atoms with Gasteiger partial charge in [0.25, 0.3) is 5.91 Å². The quantitative estimate of drug-likeness (QED) is 0.502. The number of benzene rings is 1. The lowest BCUT2D eigenvalue weighted by molar-refractivity contribution is -0.136. The first-order valence-corrected chi connectivity index (χ1v) is 12.9. The summed E-state index contributed by atoms with van der Waals surface area (Å²) in [7, 11) is 0. The molecule has 4 atom stereocenters. The lowest BCUT2D eigenvalue weighted by Crippen LogP contribution is -2.57. The summed E-state index contributed by atoms with van der Waals surface area (Å²) in [4.78, 5) is 25.2. The molecule has 32 heavy (non-hydrogen) atoms. The van der Waals surface area contributed by atoms with E-state index in [2.05, 4.69) is 22.9 Å². The number of halogens is 2. The van der Waals surface area contributed by atoms with Crippen molar-refractivity contribution in [3.05, 3.63) is 29.0 Å². The Bertz CT molecular complexity index is 839. The molecule has 176 valence electrons. The van der Waals surface area contributed by atoms with E-state index in [1.165, 1.54) is 12.1 Å². The Morgan fingerprint density at radius 1 is 1.28 bits per heavy atom. The molecule has 9 heteroatoms. The van der Waals surface area contributed by atoms with E-state index >= 15 is 0 Å². The molecule has 1 saturated heterocycles. The third-order valence-corrected chi connectivity index (χ3v) is 8.60. The first-order valence-electron chi connectivity index (χ1n) is 11.5. The summed E-state index contributed by atoms with van der Waals surface area (Å²) in [5, 5.41) is 10.2. The second kappa shape index (κ2) is 10.6. The zero-order chi connectivity index (χ0) is 22.7. The van der Waals surface area contributed by atoms with Crippen molar-refractivity contribution < 1.29 is 18.7 Å². The van der Waals surface area contributed by atoms with E-state index in [9.17, 15) is 14.0 Å². The Morgan fingerprint density at radius 2 is 2.09 bits per heavy atom. The van der Waals surface area contributed by atoms with Crippen LogP contribution in [0.5, 0.6) is 5.75 Å². The van der Waals surface area contributed by atoms with Crippen molar-refractivity contribution in [1.29, 1.82) is 0 Å². The number of amides is 2. The van der Waals surface area contributed by atoms with Crippen molar-refractivity contribution in [2.45, 2.75) is 56.5 Å². The van der Waals surface area contributed by atoms with Gasteiger partial charge in [0, 0.05) is 36.4 Å². The van der Waals surface area contributed by atoms with Crippen LogP contribution >= 0.6 is 23.4 Å². The molecule has 0 aromatic heterocycles. The summed E-state index contributed by atoms with van der Waals surface area (Å²) in [6.07, 6.45) is 4.68. The summed E-state index contributed by atoms with van der Waals surface area (Å²) < 4.78 is 18.9. The zero-order valence-electron chi connectivity index (χ0n) is 18.2. The van der Waals surface area contributed by atoms with Crippen LogP contribution in [-0.2, 0) is 9.59 Å². The van der Waals surface area contributed by atoms with Gasteiger partial charge in [-0.05, 0) is 56.1 Å². The van der Waals surface area contributed by atoms with Crippen molar-refractivity contribution in [3.8, 4) is 5.75 Å². The van der Waals surface area contributed by atoms with E-state index in [-0.39, 0.29) is 41.2 Å². The van der Waals surface area contributed by atoms with Crippen molar-refractivity contribution in [2.75, 3.05) is 18.9 Å². The van der Waals surface area contributed by atoms with Gasteiger partial charge in [0.1, 0.15) is 11.6 Å². The monoisotopic (exact) mass is 483 g/mol. The molecule has 3 N–H and O–H groups in total. The number of hydrogen-bond donors (Lipinski definition) is 3. The Labute approximate surface area is 197 Å². The summed E-state index contributed by atoms with van der Waals surface area (Å²) in [6.45, 7) is 2.67. The lowest BCUT2D eigenvalue weighted by atomic mass is 9.57. The smallest absolute Gasteiger partial charge is 0.258 e. The van der Waals surface area contributed by atoms with Gasteiger partial charge >= 0.3 is 0 Å². The normalized spacial score (nSPS) is 31.0. The molecule has 1 aliphatic heterocycles. The molecule has 1 aromatic rings. The van der Waals surface area contributed by atoms with E-state index in [1.54, 1.807) is 0 Å². The molecule has 3 aliphatic carbocycles. The number of ether oxygens (including phenoxy) is 1. The molecular formula is C23H31ClFN3O3S. The van der Waals surface area contributed by atoms with Crippen LogP contribution in [0.2, 0.25) is 5.02 Å². The van der Waals surface area contributed by atoms with Gasteiger partial charge in [-0.3, -0.25) is 9.59 Å². The number of carbonyl (C=O) groups is 2. The van der Waals surface area contributed by atoms with Crippen LogP contribution in [0.4, 0.5) is 4.39 Å². The van der Waals surface area contributed by atoms with Gasteiger partial charge in [-0.2, -0.15) is 0 Å². The fraction of sp³-hybridized carbons (Fsp3) is 0.652. The van der Waals surface area contributed by atoms with E-state index in [1.807, 2.05) is 11.8 Å². The number of fused-ring (bicyclic) bond motifs is 2. The number of nitrogens with one attached hydrogen (secondary N) is 3. The predicted molar refractivity (Wildman–Crippen MR) is 124 cm³/mol. The fourth-order valence-electron chi connectivity index (χ4n) is 4.94. The highest BCUT2D eigenvalue weighted by Crippen LogP contribution is 2.49. The Hall–Kier alpha value is -1.51. The third kappa shape index (κ3) is 5.69.